The Morgan fingerprint density at radius 1 is 0.971 bits per heavy atom. The van der Waals surface area contributed by atoms with Gasteiger partial charge in [0.1, 0.15) is 5.82 Å². The van der Waals surface area contributed by atoms with Gasteiger partial charge >= 0.3 is 0 Å². The first kappa shape index (κ1) is 24.9. The molecule has 35 heavy (non-hydrogen) atoms. The van der Waals surface area contributed by atoms with Gasteiger partial charge in [0.05, 0.1) is 18.5 Å². The number of rotatable bonds is 8. The largest absolute Gasteiger partial charge is 0.381 e. The minimum Gasteiger partial charge on any atom is -0.381 e. The van der Waals surface area contributed by atoms with Crippen molar-refractivity contribution in [2.75, 3.05) is 30.3 Å². The number of nitrogens with one attached hydrogen (secondary N) is 1. The first-order valence-corrected chi connectivity index (χ1v) is 13.4. The molecule has 3 aromatic rings. The van der Waals surface area contributed by atoms with Crippen molar-refractivity contribution >= 4 is 21.6 Å². The van der Waals surface area contributed by atoms with Crippen molar-refractivity contribution in [3.05, 3.63) is 101 Å². The Morgan fingerprint density at radius 2 is 1.60 bits per heavy atom. The quantitative estimate of drug-likeness (QED) is 0.505. The summed E-state index contributed by atoms with van der Waals surface area (Å²) in [7, 11) is -3.72. The molecule has 1 fully saturated rings. The summed E-state index contributed by atoms with van der Waals surface area (Å²) >= 11 is 0. The molecule has 6 nitrogen and oxygen atoms in total. The van der Waals surface area contributed by atoms with Crippen LogP contribution in [0.5, 0.6) is 0 Å². The van der Waals surface area contributed by atoms with Crippen molar-refractivity contribution in [1.29, 1.82) is 0 Å². The fourth-order valence-electron chi connectivity index (χ4n) is 4.44. The van der Waals surface area contributed by atoms with Crippen LogP contribution < -0.4 is 9.62 Å². The van der Waals surface area contributed by atoms with E-state index in [4.69, 9.17) is 4.74 Å². The molecule has 4 rings (SSSR count). The number of sulfonamides is 1. The number of anilines is 1. The number of carbonyl (C=O) groups excluding carboxylic acids is 1. The van der Waals surface area contributed by atoms with E-state index in [0.29, 0.717) is 30.9 Å². The third-order valence-electron chi connectivity index (χ3n) is 6.49. The summed E-state index contributed by atoms with van der Waals surface area (Å²) in [6.45, 7) is 1.76. The molecule has 1 aliphatic rings. The lowest BCUT2D eigenvalue weighted by Gasteiger charge is -2.38. The van der Waals surface area contributed by atoms with E-state index in [1.54, 1.807) is 30.3 Å². The molecular weight excluding hydrogens is 467 g/mol. The molecular formula is C27H29FN2O4S. The molecule has 0 radical (unpaired) electrons. The summed E-state index contributed by atoms with van der Waals surface area (Å²) in [4.78, 5) is 12.9. The van der Waals surface area contributed by atoms with E-state index in [9.17, 15) is 17.6 Å². The smallest absolute Gasteiger partial charge is 0.251 e. The van der Waals surface area contributed by atoms with Crippen LogP contribution in [0.4, 0.5) is 10.1 Å². The Bertz CT molecular complexity index is 1260. The van der Waals surface area contributed by atoms with Gasteiger partial charge in [-0.25, -0.2) is 12.8 Å². The summed E-state index contributed by atoms with van der Waals surface area (Å²) in [5, 5.41) is 3.08. The predicted molar refractivity (Wildman–Crippen MR) is 134 cm³/mol. The topological polar surface area (TPSA) is 75.7 Å². The Balaban J connectivity index is 1.46. The highest BCUT2D eigenvalue weighted by molar-refractivity contribution is 7.92. The molecule has 184 valence electrons. The Morgan fingerprint density at radius 3 is 2.23 bits per heavy atom. The number of amides is 1. The fourth-order valence-corrected chi connectivity index (χ4v) is 5.32. The fraction of sp³-hybridized carbons (Fsp3) is 0.296. The van der Waals surface area contributed by atoms with E-state index in [1.807, 2.05) is 18.2 Å². The van der Waals surface area contributed by atoms with Crippen LogP contribution in [-0.4, -0.2) is 40.3 Å². The van der Waals surface area contributed by atoms with Crippen LogP contribution in [0, 0.1) is 5.82 Å². The van der Waals surface area contributed by atoms with Crippen LogP contribution in [0.1, 0.15) is 34.3 Å². The number of halogens is 1. The Kier molecular flexibility index (Phi) is 7.52. The van der Waals surface area contributed by atoms with Crippen LogP contribution in [0.25, 0.3) is 0 Å². The summed E-state index contributed by atoms with van der Waals surface area (Å²) < 4.78 is 45.5. The first-order chi connectivity index (χ1) is 16.8. The number of hydrogen-bond acceptors (Lipinski definition) is 4. The third-order valence-corrected chi connectivity index (χ3v) is 7.61. The van der Waals surface area contributed by atoms with E-state index in [1.165, 1.54) is 23.8 Å². The summed E-state index contributed by atoms with van der Waals surface area (Å²) in [6.07, 6.45) is 2.70. The highest BCUT2D eigenvalue weighted by atomic mass is 32.2. The highest BCUT2D eigenvalue weighted by Gasteiger charge is 2.34. The molecule has 0 spiro atoms. The van der Waals surface area contributed by atoms with Gasteiger partial charge in [-0.1, -0.05) is 54.6 Å². The number of nitrogens with zero attached hydrogens (tertiary/aromatic N) is 1. The van der Waals surface area contributed by atoms with Crippen molar-refractivity contribution < 1.29 is 22.3 Å². The van der Waals surface area contributed by atoms with Gasteiger partial charge in [-0.2, -0.15) is 0 Å². The summed E-state index contributed by atoms with van der Waals surface area (Å²) in [5.74, 6) is -0.818. The normalized spacial score (nSPS) is 15.4. The molecule has 3 aromatic carbocycles. The molecule has 0 bridgehead atoms. The average Bonchev–Trinajstić information content (AvgIpc) is 2.87. The zero-order valence-corrected chi connectivity index (χ0v) is 20.4. The van der Waals surface area contributed by atoms with Crippen LogP contribution in [-0.2, 0) is 26.7 Å². The molecule has 1 saturated heterocycles. The lowest BCUT2D eigenvalue weighted by atomic mass is 9.74. The number of ether oxygens (including phenoxy) is 1. The van der Waals surface area contributed by atoms with E-state index in [2.05, 4.69) is 17.4 Å². The van der Waals surface area contributed by atoms with Gasteiger partial charge in [0.15, 0.2) is 0 Å². The van der Waals surface area contributed by atoms with Crippen LogP contribution in [0.3, 0.4) is 0 Å². The van der Waals surface area contributed by atoms with Gasteiger partial charge < -0.3 is 10.1 Å². The first-order valence-electron chi connectivity index (χ1n) is 11.5. The molecule has 1 aliphatic heterocycles. The molecule has 1 N–H and O–H groups in total. The second kappa shape index (κ2) is 10.6. The lowest BCUT2D eigenvalue weighted by Crippen LogP contribution is -2.44. The molecule has 0 aromatic heterocycles. The number of hydrogen-bond donors (Lipinski definition) is 1. The van der Waals surface area contributed by atoms with E-state index < -0.39 is 15.8 Å². The van der Waals surface area contributed by atoms with Crippen LogP contribution in [0.15, 0.2) is 78.9 Å². The van der Waals surface area contributed by atoms with Gasteiger partial charge in [0.2, 0.25) is 10.0 Å². The van der Waals surface area contributed by atoms with Gasteiger partial charge in [-0.15, -0.1) is 0 Å². The predicted octanol–water partition coefficient (Wildman–Crippen LogP) is 4.27. The standard InChI is InChI=1S/C27H29FN2O4S/c1-35(32,33)30(25-10-6-5-9-24(25)28)19-21-11-13-22(14-12-21)26(31)29-20-27(15-17-34-18-16-27)23-7-3-2-4-8-23/h2-14H,15-20H2,1H3,(H,29,31). The van der Waals surface area contributed by atoms with E-state index in [0.717, 1.165) is 23.4 Å². The minimum absolute atomic E-state index is 0.0144. The monoisotopic (exact) mass is 496 g/mol. The second-order valence-corrected chi connectivity index (χ2v) is 10.8. The van der Waals surface area contributed by atoms with Crippen LogP contribution >= 0.6 is 0 Å². The van der Waals surface area contributed by atoms with Crippen molar-refractivity contribution in [2.24, 2.45) is 0 Å². The second-order valence-electron chi connectivity index (χ2n) is 8.86. The SMILES string of the molecule is CS(=O)(=O)N(Cc1ccc(C(=O)NCC2(c3ccccc3)CCOCC2)cc1)c1ccccc1F. The number of benzene rings is 3. The van der Waals surface area contributed by atoms with Crippen molar-refractivity contribution in [1.82, 2.24) is 5.32 Å². The zero-order valence-electron chi connectivity index (χ0n) is 19.6. The Hall–Kier alpha value is -3.23. The molecule has 0 unspecified atom stereocenters. The number of para-hydroxylation sites is 1. The summed E-state index contributed by atoms with van der Waals surface area (Å²) in [6, 6.07) is 22.6. The molecule has 1 amide bonds. The lowest BCUT2D eigenvalue weighted by molar-refractivity contribution is 0.0487. The van der Waals surface area contributed by atoms with Crippen molar-refractivity contribution in [3.63, 3.8) is 0 Å². The molecule has 0 saturated carbocycles. The van der Waals surface area contributed by atoms with Gasteiger partial charge in [0.25, 0.3) is 5.91 Å². The average molecular weight is 497 g/mol. The minimum atomic E-state index is -3.72. The van der Waals surface area contributed by atoms with Gasteiger partial charge in [-0.05, 0) is 48.2 Å². The molecule has 8 heteroatoms. The van der Waals surface area contributed by atoms with Crippen molar-refractivity contribution in [3.8, 4) is 0 Å². The molecule has 0 aliphatic carbocycles. The molecule has 1 heterocycles. The third kappa shape index (κ3) is 5.89. The molecule has 0 atom stereocenters. The Labute approximate surface area is 205 Å². The van der Waals surface area contributed by atoms with Crippen LogP contribution in [0.2, 0.25) is 0 Å². The van der Waals surface area contributed by atoms with Gasteiger partial charge in [-0.3, -0.25) is 9.10 Å². The maximum Gasteiger partial charge on any atom is 0.251 e. The van der Waals surface area contributed by atoms with E-state index >= 15 is 0 Å². The van der Waals surface area contributed by atoms with Crippen molar-refractivity contribution in [2.45, 2.75) is 24.8 Å². The highest BCUT2D eigenvalue weighted by Crippen LogP contribution is 2.34. The van der Waals surface area contributed by atoms with Gasteiger partial charge in [0, 0.05) is 30.7 Å². The maximum absolute atomic E-state index is 14.3. The van der Waals surface area contributed by atoms with E-state index in [-0.39, 0.29) is 23.6 Å². The zero-order chi connectivity index (χ0) is 24.9. The summed E-state index contributed by atoms with van der Waals surface area (Å²) in [5.41, 5.74) is 2.11. The maximum atomic E-state index is 14.3. The number of carbonyl (C=O) groups is 1.